The molecule has 1 fully saturated rings. The molecule has 0 saturated heterocycles. The number of carbonyl (C=O) groups is 1. The van der Waals surface area contributed by atoms with Gasteiger partial charge in [-0.2, -0.15) is 0 Å². The van der Waals surface area contributed by atoms with Crippen LogP contribution in [0.2, 0.25) is 0 Å². The molecule has 0 aliphatic heterocycles. The third-order valence-corrected chi connectivity index (χ3v) is 4.38. The standard InChI is InChI=1S/C17H17N3O4/c1-8-13(10(3)23-19-8)7-22-17(21)12-6-14(11-4-5-11)18-16-15(12)9(2)20-24-16/h6,11H,4-5,7H2,1-3H3. The highest BCUT2D eigenvalue weighted by Crippen LogP contribution is 2.40. The van der Waals surface area contributed by atoms with Crippen molar-refractivity contribution in [2.45, 2.75) is 46.1 Å². The van der Waals surface area contributed by atoms with E-state index in [0.29, 0.717) is 34.0 Å². The SMILES string of the molecule is Cc1noc(C)c1COC(=O)c1cc(C2CC2)nc2onc(C)c12. The zero-order valence-corrected chi connectivity index (χ0v) is 13.8. The lowest BCUT2D eigenvalue weighted by molar-refractivity contribution is 0.0473. The van der Waals surface area contributed by atoms with Crippen LogP contribution in [-0.2, 0) is 11.3 Å². The molecule has 3 aromatic rings. The second-order valence-electron chi connectivity index (χ2n) is 6.20. The van der Waals surface area contributed by atoms with E-state index < -0.39 is 5.97 Å². The number of pyridine rings is 1. The van der Waals surface area contributed by atoms with Crippen LogP contribution in [0, 0.1) is 20.8 Å². The second kappa shape index (κ2) is 5.43. The van der Waals surface area contributed by atoms with Gasteiger partial charge in [0, 0.05) is 11.6 Å². The molecule has 7 nitrogen and oxygen atoms in total. The first-order valence-electron chi connectivity index (χ1n) is 7.90. The summed E-state index contributed by atoms with van der Waals surface area (Å²) in [6.07, 6.45) is 2.17. The van der Waals surface area contributed by atoms with Gasteiger partial charge in [-0.1, -0.05) is 10.3 Å². The first kappa shape index (κ1) is 14.9. The highest BCUT2D eigenvalue weighted by Gasteiger charge is 2.29. The quantitative estimate of drug-likeness (QED) is 0.678. The molecule has 4 rings (SSSR count). The minimum atomic E-state index is -0.421. The van der Waals surface area contributed by atoms with Crippen LogP contribution in [0.25, 0.3) is 11.1 Å². The van der Waals surface area contributed by atoms with Gasteiger partial charge in [0.15, 0.2) is 0 Å². The fraction of sp³-hybridized carbons (Fsp3) is 0.412. The summed E-state index contributed by atoms with van der Waals surface area (Å²) in [5.74, 6) is 0.629. The van der Waals surface area contributed by atoms with Gasteiger partial charge in [0.2, 0.25) is 0 Å². The van der Waals surface area contributed by atoms with Gasteiger partial charge in [0.25, 0.3) is 5.71 Å². The van der Waals surface area contributed by atoms with E-state index in [-0.39, 0.29) is 6.61 Å². The Hall–Kier alpha value is -2.70. The summed E-state index contributed by atoms with van der Waals surface area (Å²) in [5, 5.41) is 8.41. The Morgan fingerprint density at radius 3 is 2.62 bits per heavy atom. The van der Waals surface area contributed by atoms with E-state index in [4.69, 9.17) is 13.8 Å². The molecule has 1 saturated carbocycles. The number of ether oxygens (including phenoxy) is 1. The molecule has 0 unspecified atom stereocenters. The Bertz CT molecular complexity index is 917. The van der Waals surface area contributed by atoms with Gasteiger partial charge < -0.3 is 13.8 Å². The Labute approximate surface area is 138 Å². The average Bonchev–Trinajstić information content (AvgIpc) is 3.29. The van der Waals surface area contributed by atoms with Crippen molar-refractivity contribution < 1.29 is 18.6 Å². The van der Waals surface area contributed by atoms with Crippen molar-refractivity contribution >= 4 is 17.1 Å². The largest absolute Gasteiger partial charge is 0.457 e. The zero-order chi connectivity index (χ0) is 16.8. The lowest BCUT2D eigenvalue weighted by atomic mass is 10.1. The van der Waals surface area contributed by atoms with Crippen LogP contribution in [0.3, 0.4) is 0 Å². The first-order chi connectivity index (χ1) is 11.5. The van der Waals surface area contributed by atoms with Gasteiger partial charge in [-0.25, -0.2) is 9.78 Å². The summed E-state index contributed by atoms with van der Waals surface area (Å²) < 4.78 is 15.8. The summed E-state index contributed by atoms with van der Waals surface area (Å²) in [6, 6.07) is 1.81. The van der Waals surface area contributed by atoms with Crippen LogP contribution >= 0.6 is 0 Å². The molecule has 0 bridgehead atoms. The molecule has 0 atom stereocenters. The van der Waals surface area contributed by atoms with Gasteiger partial charge in [0.1, 0.15) is 12.4 Å². The van der Waals surface area contributed by atoms with Crippen molar-refractivity contribution in [1.82, 2.24) is 15.3 Å². The van der Waals surface area contributed by atoms with Crippen LogP contribution in [0.15, 0.2) is 15.1 Å². The number of esters is 1. The number of rotatable bonds is 4. The highest BCUT2D eigenvalue weighted by atomic mass is 16.5. The van der Waals surface area contributed by atoms with Gasteiger partial charge in [0.05, 0.1) is 27.9 Å². The van der Waals surface area contributed by atoms with Crippen LogP contribution in [-0.4, -0.2) is 21.3 Å². The van der Waals surface area contributed by atoms with Gasteiger partial charge in [-0.05, 0) is 39.7 Å². The molecule has 24 heavy (non-hydrogen) atoms. The molecular weight excluding hydrogens is 310 g/mol. The molecule has 0 spiro atoms. The molecule has 1 aliphatic rings. The van der Waals surface area contributed by atoms with E-state index in [1.165, 1.54) is 0 Å². The van der Waals surface area contributed by atoms with Gasteiger partial charge in [-0.15, -0.1) is 0 Å². The van der Waals surface area contributed by atoms with Crippen LogP contribution < -0.4 is 0 Å². The summed E-state index contributed by atoms with van der Waals surface area (Å²) in [6.45, 7) is 5.52. The van der Waals surface area contributed by atoms with E-state index in [1.54, 1.807) is 19.9 Å². The summed E-state index contributed by atoms with van der Waals surface area (Å²) in [5.41, 5.74) is 3.85. The van der Waals surface area contributed by atoms with E-state index in [1.807, 2.05) is 6.92 Å². The maximum Gasteiger partial charge on any atom is 0.339 e. The normalized spacial score (nSPS) is 14.3. The van der Waals surface area contributed by atoms with Crippen molar-refractivity contribution in [3.63, 3.8) is 0 Å². The summed E-state index contributed by atoms with van der Waals surface area (Å²) in [4.78, 5) is 17.1. The predicted octanol–water partition coefficient (Wildman–Crippen LogP) is 3.37. The number of carbonyl (C=O) groups excluding carboxylic acids is 1. The van der Waals surface area contributed by atoms with Crippen molar-refractivity contribution in [2.24, 2.45) is 0 Å². The van der Waals surface area contributed by atoms with Crippen molar-refractivity contribution in [2.75, 3.05) is 0 Å². The van der Waals surface area contributed by atoms with Gasteiger partial charge >= 0.3 is 5.97 Å². The summed E-state index contributed by atoms with van der Waals surface area (Å²) >= 11 is 0. The second-order valence-corrected chi connectivity index (χ2v) is 6.20. The Morgan fingerprint density at radius 1 is 1.21 bits per heavy atom. The topological polar surface area (TPSA) is 91.2 Å². The number of nitrogens with zero attached hydrogens (tertiary/aromatic N) is 3. The number of hydrogen-bond acceptors (Lipinski definition) is 7. The fourth-order valence-corrected chi connectivity index (χ4v) is 2.79. The van der Waals surface area contributed by atoms with Crippen LogP contribution in [0.4, 0.5) is 0 Å². The smallest absolute Gasteiger partial charge is 0.339 e. The number of aryl methyl sites for hydroxylation is 3. The molecule has 3 aromatic heterocycles. The number of fused-ring (bicyclic) bond motifs is 1. The minimum absolute atomic E-state index is 0.118. The molecular formula is C17H17N3O4. The average molecular weight is 327 g/mol. The molecule has 7 heteroatoms. The zero-order valence-electron chi connectivity index (χ0n) is 13.8. The molecule has 0 aromatic carbocycles. The first-order valence-corrected chi connectivity index (χ1v) is 7.90. The van der Waals surface area contributed by atoms with E-state index in [0.717, 1.165) is 29.8 Å². The van der Waals surface area contributed by atoms with Crippen molar-refractivity contribution in [1.29, 1.82) is 0 Å². The lowest BCUT2D eigenvalue weighted by Crippen LogP contribution is -2.08. The maximum absolute atomic E-state index is 12.7. The molecule has 3 heterocycles. The lowest BCUT2D eigenvalue weighted by Gasteiger charge is -2.07. The van der Waals surface area contributed by atoms with Crippen molar-refractivity contribution in [3.8, 4) is 0 Å². The monoisotopic (exact) mass is 327 g/mol. The number of hydrogen-bond donors (Lipinski definition) is 0. The third-order valence-electron chi connectivity index (χ3n) is 4.38. The van der Waals surface area contributed by atoms with E-state index >= 15 is 0 Å². The van der Waals surface area contributed by atoms with Crippen molar-refractivity contribution in [3.05, 3.63) is 40.0 Å². The van der Waals surface area contributed by atoms with E-state index in [9.17, 15) is 4.79 Å². The number of aromatic nitrogens is 3. The Kier molecular flexibility index (Phi) is 3.37. The molecule has 0 radical (unpaired) electrons. The molecule has 124 valence electrons. The van der Waals surface area contributed by atoms with Crippen LogP contribution in [0.5, 0.6) is 0 Å². The minimum Gasteiger partial charge on any atom is -0.457 e. The van der Waals surface area contributed by atoms with E-state index in [2.05, 4.69) is 15.3 Å². The van der Waals surface area contributed by atoms with Crippen LogP contribution in [0.1, 0.15) is 57.5 Å². The Balaban J connectivity index is 1.67. The maximum atomic E-state index is 12.7. The fourth-order valence-electron chi connectivity index (χ4n) is 2.79. The molecule has 1 aliphatic carbocycles. The third kappa shape index (κ3) is 2.46. The van der Waals surface area contributed by atoms with Gasteiger partial charge in [-0.3, -0.25) is 0 Å². The molecule has 0 N–H and O–H groups in total. The molecule has 0 amide bonds. The summed E-state index contributed by atoms with van der Waals surface area (Å²) in [7, 11) is 0. The Morgan fingerprint density at radius 2 is 1.96 bits per heavy atom. The predicted molar refractivity (Wildman–Crippen MR) is 83.6 cm³/mol. The highest BCUT2D eigenvalue weighted by molar-refractivity contribution is 6.03.